The van der Waals surface area contributed by atoms with Gasteiger partial charge >= 0.3 is 0 Å². The van der Waals surface area contributed by atoms with E-state index in [-0.39, 0.29) is 0 Å². The Morgan fingerprint density at radius 2 is 2.18 bits per heavy atom. The molecule has 11 heavy (non-hydrogen) atoms. The van der Waals surface area contributed by atoms with Crippen molar-refractivity contribution in [3.63, 3.8) is 0 Å². The molecule has 1 aromatic carbocycles. The zero-order chi connectivity index (χ0) is 7.68. The molecular formula is C9H5ClN. The fourth-order valence-electron chi connectivity index (χ4n) is 0.974. The average molecular weight is 163 g/mol. The topological polar surface area (TPSA) is 12.9 Å². The summed E-state index contributed by atoms with van der Waals surface area (Å²) >= 11 is 5.72. The number of hydrogen-bond acceptors (Lipinski definition) is 1. The van der Waals surface area contributed by atoms with E-state index in [4.69, 9.17) is 11.6 Å². The maximum absolute atomic E-state index is 5.72. The second kappa shape index (κ2) is 2.51. The molecule has 1 nitrogen and oxygen atoms in total. The minimum Gasteiger partial charge on any atom is -0.256 e. The molecule has 0 N–H and O–H groups in total. The van der Waals surface area contributed by atoms with Crippen molar-refractivity contribution >= 4 is 22.5 Å². The van der Waals surface area contributed by atoms with Gasteiger partial charge in [0.25, 0.3) is 0 Å². The normalized spacial score (nSPS) is 10.3. The Morgan fingerprint density at radius 1 is 1.27 bits per heavy atom. The number of hydrogen-bond donors (Lipinski definition) is 0. The summed E-state index contributed by atoms with van der Waals surface area (Å²) in [6.45, 7) is 0. The predicted octanol–water partition coefficient (Wildman–Crippen LogP) is 2.69. The van der Waals surface area contributed by atoms with Crippen LogP contribution >= 0.6 is 11.6 Å². The lowest BCUT2D eigenvalue weighted by molar-refractivity contribution is 1.41. The van der Waals surface area contributed by atoms with Crippen LogP contribution in [0.4, 0.5) is 0 Å². The third-order valence-corrected chi connectivity index (χ3v) is 1.71. The van der Waals surface area contributed by atoms with Crippen molar-refractivity contribution in [2.24, 2.45) is 0 Å². The lowest BCUT2D eigenvalue weighted by Gasteiger charge is -1.93. The van der Waals surface area contributed by atoms with Crippen molar-refractivity contribution in [3.05, 3.63) is 41.6 Å². The number of benzene rings is 1. The first-order valence-corrected chi connectivity index (χ1v) is 3.66. The first-order chi connectivity index (χ1) is 5.36. The van der Waals surface area contributed by atoms with E-state index in [0.717, 1.165) is 10.9 Å². The second-order valence-electron chi connectivity index (χ2n) is 2.25. The first kappa shape index (κ1) is 6.62. The van der Waals surface area contributed by atoms with Gasteiger partial charge in [0.2, 0.25) is 0 Å². The number of nitrogens with zero attached hydrogens (tertiary/aromatic N) is 1. The highest BCUT2D eigenvalue weighted by molar-refractivity contribution is 6.31. The molecule has 1 aromatic heterocycles. The van der Waals surface area contributed by atoms with E-state index >= 15 is 0 Å². The van der Waals surface area contributed by atoms with Crippen LogP contribution in [0.3, 0.4) is 0 Å². The smallest absolute Gasteiger partial charge is 0.0796 e. The Morgan fingerprint density at radius 3 is 3.09 bits per heavy atom. The van der Waals surface area contributed by atoms with E-state index < -0.39 is 0 Å². The first-order valence-electron chi connectivity index (χ1n) is 3.29. The Balaban J connectivity index is 2.83. The van der Waals surface area contributed by atoms with Crippen LogP contribution < -0.4 is 0 Å². The molecule has 0 aliphatic heterocycles. The quantitative estimate of drug-likeness (QED) is 0.581. The zero-order valence-electron chi connectivity index (χ0n) is 5.71. The number of pyridine rings is 1. The van der Waals surface area contributed by atoms with Crippen LogP contribution in [-0.2, 0) is 0 Å². The maximum atomic E-state index is 5.72. The van der Waals surface area contributed by atoms with Gasteiger partial charge in [-0.15, -0.1) is 0 Å². The minimum absolute atomic E-state index is 0.608. The number of aromatic nitrogens is 1. The number of rotatable bonds is 0. The van der Waals surface area contributed by atoms with Crippen LogP contribution in [0.15, 0.2) is 30.5 Å². The van der Waals surface area contributed by atoms with Crippen LogP contribution in [0.5, 0.6) is 0 Å². The minimum atomic E-state index is 0.608. The molecule has 0 spiro atoms. The molecule has 0 amide bonds. The molecule has 0 bridgehead atoms. The Labute approximate surface area is 69.6 Å². The van der Waals surface area contributed by atoms with Gasteiger partial charge in [-0.2, -0.15) is 0 Å². The monoisotopic (exact) mass is 162 g/mol. The zero-order valence-corrected chi connectivity index (χ0v) is 6.47. The maximum Gasteiger partial charge on any atom is 0.0796 e. The molecule has 1 radical (unpaired) electrons. The van der Waals surface area contributed by atoms with Crippen LogP contribution in [-0.4, -0.2) is 4.98 Å². The molecule has 2 heteroatoms. The van der Waals surface area contributed by atoms with Crippen LogP contribution in [0.1, 0.15) is 0 Å². The van der Waals surface area contributed by atoms with Crippen LogP contribution in [0.25, 0.3) is 10.9 Å². The third kappa shape index (κ3) is 1.19. The van der Waals surface area contributed by atoms with Crippen molar-refractivity contribution in [1.82, 2.24) is 4.98 Å². The van der Waals surface area contributed by atoms with Crippen molar-refractivity contribution in [2.75, 3.05) is 0 Å². The molecule has 2 aromatic rings. The van der Waals surface area contributed by atoms with E-state index in [1.165, 1.54) is 0 Å². The summed E-state index contributed by atoms with van der Waals surface area (Å²) in [6, 6.07) is 10.6. The second-order valence-corrected chi connectivity index (χ2v) is 2.65. The molecule has 0 unspecified atom stereocenters. The van der Waals surface area contributed by atoms with Gasteiger partial charge in [0, 0.05) is 17.6 Å². The summed E-state index contributed by atoms with van der Waals surface area (Å²) < 4.78 is 0. The lowest BCUT2D eigenvalue weighted by Crippen LogP contribution is -1.76. The molecule has 0 saturated carbocycles. The van der Waals surface area contributed by atoms with Crippen molar-refractivity contribution in [1.29, 1.82) is 0 Å². The van der Waals surface area contributed by atoms with E-state index in [9.17, 15) is 0 Å². The highest BCUT2D eigenvalue weighted by atomic mass is 35.5. The van der Waals surface area contributed by atoms with Crippen molar-refractivity contribution in [3.8, 4) is 0 Å². The third-order valence-electron chi connectivity index (χ3n) is 1.49. The molecule has 2 rings (SSSR count). The average Bonchev–Trinajstić information content (AvgIpc) is 2.04. The largest absolute Gasteiger partial charge is 0.256 e. The lowest BCUT2D eigenvalue weighted by atomic mass is 10.2. The predicted molar refractivity (Wildman–Crippen MR) is 45.6 cm³/mol. The molecule has 0 aliphatic carbocycles. The van der Waals surface area contributed by atoms with E-state index in [1.54, 1.807) is 6.20 Å². The van der Waals surface area contributed by atoms with Gasteiger partial charge in [0.05, 0.1) is 10.5 Å². The van der Waals surface area contributed by atoms with Gasteiger partial charge in [-0.1, -0.05) is 23.7 Å². The highest BCUT2D eigenvalue weighted by Gasteiger charge is 1.93. The Bertz CT molecular complexity index is 384. The number of fused-ring (bicyclic) bond motifs is 1. The highest BCUT2D eigenvalue weighted by Crippen LogP contribution is 2.15. The van der Waals surface area contributed by atoms with E-state index in [2.05, 4.69) is 11.1 Å². The van der Waals surface area contributed by atoms with Crippen molar-refractivity contribution < 1.29 is 0 Å². The van der Waals surface area contributed by atoms with E-state index in [1.807, 2.05) is 24.3 Å². The molecule has 1 heterocycles. The standard InChI is InChI=1S/C9H5ClN/c10-8-4-3-7-2-1-5-11-9(7)6-8/h1-5H. The molecule has 0 atom stereocenters. The van der Waals surface area contributed by atoms with Gasteiger partial charge in [0.15, 0.2) is 0 Å². The molecule has 0 fully saturated rings. The van der Waals surface area contributed by atoms with Gasteiger partial charge in [0.1, 0.15) is 0 Å². The van der Waals surface area contributed by atoms with Gasteiger partial charge < -0.3 is 0 Å². The molecular weight excluding hydrogens is 158 g/mol. The Kier molecular flexibility index (Phi) is 1.51. The van der Waals surface area contributed by atoms with Gasteiger partial charge in [-0.3, -0.25) is 4.98 Å². The summed E-state index contributed by atoms with van der Waals surface area (Å²) in [5, 5.41) is 1.67. The van der Waals surface area contributed by atoms with E-state index in [0.29, 0.717) is 5.02 Å². The summed E-state index contributed by atoms with van der Waals surface area (Å²) in [5.41, 5.74) is 0.819. The van der Waals surface area contributed by atoms with Gasteiger partial charge in [-0.25, -0.2) is 0 Å². The fourth-order valence-corrected chi connectivity index (χ4v) is 1.13. The fraction of sp³-hybridized carbons (Fsp3) is 0. The van der Waals surface area contributed by atoms with Crippen molar-refractivity contribution in [2.45, 2.75) is 0 Å². The number of halogens is 1. The summed E-state index contributed by atoms with van der Waals surface area (Å²) in [5.74, 6) is 0. The summed E-state index contributed by atoms with van der Waals surface area (Å²) in [7, 11) is 0. The molecule has 0 aliphatic rings. The Hall–Kier alpha value is -1.08. The summed E-state index contributed by atoms with van der Waals surface area (Å²) in [4.78, 5) is 4.10. The van der Waals surface area contributed by atoms with Crippen LogP contribution in [0, 0.1) is 6.07 Å². The molecule has 0 saturated heterocycles. The SMILES string of the molecule is Clc1[c]c2ncccc2cc1. The summed E-state index contributed by atoms with van der Waals surface area (Å²) in [6.07, 6.45) is 1.73. The molecule has 53 valence electrons. The van der Waals surface area contributed by atoms with Crippen LogP contribution in [0.2, 0.25) is 5.02 Å². The van der Waals surface area contributed by atoms with Gasteiger partial charge in [-0.05, 0) is 12.1 Å².